The molecule has 0 saturated carbocycles. The third-order valence-electron chi connectivity index (χ3n) is 1.83. The molecule has 0 N–H and O–H groups in total. The van der Waals surface area contributed by atoms with Gasteiger partial charge >= 0.3 is 0 Å². The molecular weight excluding hydrogens is 302 g/mol. The summed E-state index contributed by atoms with van der Waals surface area (Å²) in [6.07, 6.45) is 0. The van der Waals surface area contributed by atoms with Gasteiger partial charge in [-0.1, -0.05) is 6.07 Å². The normalized spacial score (nSPS) is 11.5. The minimum Gasteiger partial charge on any atom is -0.377 e. The summed E-state index contributed by atoms with van der Waals surface area (Å²) in [5.74, 6) is -0.152. The highest BCUT2D eigenvalue weighted by atomic mass is 79.9. The lowest BCUT2D eigenvalue weighted by molar-refractivity contribution is 0.609. The van der Waals surface area contributed by atoms with E-state index in [1.165, 1.54) is 0 Å². The first-order valence-electron chi connectivity index (χ1n) is 4.17. The summed E-state index contributed by atoms with van der Waals surface area (Å²) >= 11 is 3.38. The van der Waals surface area contributed by atoms with Crippen molar-refractivity contribution >= 4 is 41.4 Å². The van der Waals surface area contributed by atoms with E-state index in [4.69, 9.17) is 10.7 Å². The van der Waals surface area contributed by atoms with Gasteiger partial charge in [0.15, 0.2) is 0 Å². The molecule has 0 amide bonds. The summed E-state index contributed by atoms with van der Waals surface area (Å²) in [4.78, 5) is 1.93. The van der Waals surface area contributed by atoms with E-state index in [1.807, 2.05) is 25.1 Å². The van der Waals surface area contributed by atoms with E-state index in [1.54, 1.807) is 12.1 Å². The van der Waals surface area contributed by atoms with Crippen LogP contribution in [0.3, 0.4) is 0 Å². The zero-order valence-corrected chi connectivity index (χ0v) is 11.5. The van der Waals surface area contributed by atoms with Gasteiger partial charge in [-0.3, -0.25) is 0 Å². The fraction of sp³-hybridized carbons (Fsp3) is 0.333. The van der Waals surface area contributed by atoms with Gasteiger partial charge in [0.1, 0.15) is 0 Å². The first kappa shape index (κ1) is 12.8. The van der Waals surface area contributed by atoms with Crippen molar-refractivity contribution in [1.29, 1.82) is 0 Å². The number of rotatable bonds is 3. The topological polar surface area (TPSA) is 37.4 Å². The molecule has 0 unspecified atom stereocenters. The molecule has 0 aliphatic heterocycles. The Morgan fingerprint density at radius 3 is 2.40 bits per heavy atom. The Bertz CT molecular complexity index is 459. The minimum atomic E-state index is -3.49. The van der Waals surface area contributed by atoms with Crippen LogP contribution in [-0.2, 0) is 14.8 Å². The number of nitrogens with zero attached hydrogens (tertiary/aromatic N) is 1. The minimum absolute atomic E-state index is 0.152. The Hall–Kier alpha value is -0.260. The van der Waals surface area contributed by atoms with Gasteiger partial charge in [-0.2, -0.15) is 0 Å². The van der Waals surface area contributed by atoms with Gasteiger partial charge < -0.3 is 4.90 Å². The number of hydrogen-bond donors (Lipinski definition) is 0. The largest absolute Gasteiger partial charge is 0.377 e. The molecule has 84 valence electrons. The van der Waals surface area contributed by atoms with E-state index >= 15 is 0 Å². The maximum absolute atomic E-state index is 10.9. The standard InChI is InChI=1S/C9H11BrClNO2S/c1-12(2)9-4-3-7(5-8(9)10)6-15(11,13)14/h3-5H,6H2,1-2H3. The van der Waals surface area contributed by atoms with E-state index in [9.17, 15) is 8.42 Å². The van der Waals surface area contributed by atoms with Crippen LogP contribution in [0, 0.1) is 0 Å². The van der Waals surface area contributed by atoms with E-state index in [0.717, 1.165) is 10.2 Å². The van der Waals surface area contributed by atoms with Crippen molar-refractivity contribution in [1.82, 2.24) is 0 Å². The van der Waals surface area contributed by atoms with Crippen LogP contribution in [0.5, 0.6) is 0 Å². The summed E-state index contributed by atoms with van der Waals surface area (Å²) in [6, 6.07) is 5.36. The third kappa shape index (κ3) is 4.01. The van der Waals surface area contributed by atoms with E-state index in [0.29, 0.717) is 5.56 Å². The molecule has 3 nitrogen and oxygen atoms in total. The monoisotopic (exact) mass is 311 g/mol. The van der Waals surface area contributed by atoms with Crippen molar-refractivity contribution in [3.8, 4) is 0 Å². The summed E-state index contributed by atoms with van der Waals surface area (Å²) in [5.41, 5.74) is 1.66. The summed E-state index contributed by atoms with van der Waals surface area (Å²) in [5, 5.41) is 0. The molecule has 15 heavy (non-hydrogen) atoms. The Labute approximate surface area is 103 Å². The molecule has 1 rings (SSSR count). The number of benzene rings is 1. The third-order valence-corrected chi connectivity index (χ3v) is 3.47. The molecule has 0 saturated heterocycles. The van der Waals surface area contributed by atoms with Crippen molar-refractivity contribution in [3.63, 3.8) is 0 Å². The van der Waals surface area contributed by atoms with Crippen molar-refractivity contribution in [2.45, 2.75) is 5.75 Å². The van der Waals surface area contributed by atoms with Gasteiger partial charge in [-0.05, 0) is 33.6 Å². The molecule has 0 atom stereocenters. The molecule has 0 aliphatic rings. The molecular formula is C9H11BrClNO2S. The van der Waals surface area contributed by atoms with Crippen molar-refractivity contribution in [3.05, 3.63) is 28.2 Å². The van der Waals surface area contributed by atoms with Crippen LogP contribution in [0.2, 0.25) is 0 Å². The van der Waals surface area contributed by atoms with Gasteiger partial charge in [0.25, 0.3) is 0 Å². The van der Waals surface area contributed by atoms with Crippen LogP contribution in [0.4, 0.5) is 5.69 Å². The molecule has 6 heteroatoms. The van der Waals surface area contributed by atoms with Gasteiger partial charge in [0, 0.05) is 29.3 Å². The average Bonchev–Trinajstić information content (AvgIpc) is 1.99. The Morgan fingerprint density at radius 2 is 2.00 bits per heavy atom. The first-order valence-corrected chi connectivity index (χ1v) is 7.45. The molecule has 1 aromatic carbocycles. The zero-order chi connectivity index (χ0) is 11.6. The molecule has 0 aliphatic carbocycles. The molecule has 0 bridgehead atoms. The molecule has 0 spiro atoms. The van der Waals surface area contributed by atoms with Crippen molar-refractivity contribution in [2.24, 2.45) is 0 Å². The maximum atomic E-state index is 10.9. The van der Waals surface area contributed by atoms with Crippen LogP contribution >= 0.6 is 26.6 Å². The average molecular weight is 313 g/mol. The fourth-order valence-electron chi connectivity index (χ4n) is 1.20. The highest BCUT2D eigenvalue weighted by Gasteiger charge is 2.09. The van der Waals surface area contributed by atoms with E-state index < -0.39 is 9.05 Å². The summed E-state index contributed by atoms with van der Waals surface area (Å²) in [7, 11) is 5.51. The Morgan fingerprint density at radius 1 is 1.40 bits per heavy atom. The second kappa shape index (κ2) is 4.72. The first-order chi connectivity index (χ1) is 6.79. The van der Waals surface area contributed by atoms with Gasteiger partial charge in [-0.15, -0.1) is 0 Å². The molecule has 0 fully saturated rings. The lowest BCUT2D eigenvalue weighted by Crippen LogP contribution is -2.09. The van der Waals surface area contributed by atoms with E-state index in [-0.39, 0.29) is 5.75 Å². The SMILES string of the molecule is CN(C)c1ccc(CS(=O)(=O)Cl)cc1Br. The van der Waals surface area contributed by atoms with Gasteiger partial charge in [0.2, 0.25) is 9.05 Å². The molecule has 0 radical (unpaired) electrons. The smallest absolute Gasteiger partial charge is 0.236 e. The van der Waals surface area contributed by atoms with Gasteiger partial charge in [-0.25, -0.2) is 8.42 Å². The predicted molar refractivity (Wildman–Crippen MR) is 66.9 cm³/mol. The Balaban J connectivity index is 3.02. The number of halogens is 2. The quantitative estimate of drug-likeness (QED) is 0.805. The molecule has 1 aromatic rings. The molecule has 0 heterocycles. The van der Waals surface area contributed by atoms with Crippen LogP contribution in [-0.4, -0.2) is 22.5 Å². The predicted octanol–water partition coefficient (Wildman–Crippen LogP) is 2.58. The van der Waals surface area contributed by atoms with E-state index in [2.05, 4.69) is 15.9 Å². The second-order valence-corrected chi connectivity index (χ2v) is 6.99. The summed E-state index contributed by atoms with van der Waals surface area (Å²) < 4.78 is 22.6. The zero-order valence-electron chi connectivity index (χ0n) is 8.37. The Kier molecular flexibility index (Phi) is 4.03. The highest BCUT2D eigenvalue weighted by molar-refractivity contribution is 9.10. The highest BCUT2D eigenvalue weighted by Crippen LogP contribution is 2.26. The maximum Gasteiger partial charge on any atom is 0.236 e. The lowest BCUT2D eigenvalue weighted by Gasteiger charge is -2.15. The fourth-order valence-corrected chi connectivity index (χ4v) is 2.94. The molecule has 0 aromatic heterocycles. The lowest BCUT2D eigenvalue weighted by atomic mass is 10.2. The van der Waals surface area contributed by atoms with Crippen LogP contribution in [0.25, 0.3) is 0 Å². The number of hydrogen-bond acceptors (Lipinski definition) is 3. The van der Waals surface area contributed by atoms with Crippen molar-refractivity contribution < 1.29 is 8.42 Å². The van der Waals surface area contributed by atoms with Gasteiger partial charge in [0.05, 0.1) is 11.4 Å². The van der Waals surface area contributed by atoms with Crippen molar-refractivity contribution in [2.75, 3.05) is 19.0 Å². The second-order valence-electron chi connectivity index (χ2n) is 3.36. The van der Waals surface area contributed by atoms with Crippen LogP contribution in [0.1, 0.15) is 5.56 Å². The van der Waals surface area contributed by atoms with Crippen LogP contribution in [0.15, 0.2) is 22.7 Å². The summed E-state index contributed by atoms with van der Waals surface area (Å²) in [6.45, 7) is 0. The van der Waals surface area contributed by atoms with Crippen LogP contribution < -0.4 is 4.90 Å². The number of anilines is 1.